The van der Waals surface area contributed by atoms with Gasteiger partial charge in [0, 0.05) is 45.8 Å². The van der Waals surface area contributed by atoms with Crippen molar-refractivity contribution >= 4 is 42.6 Å². The minimum Gasteiger partial charge on any atom is -0.497 e. The van der Waals surface area contributed by atoms with Crippen molar-refractivity contribution in [1.29, 1.82) is 0 Å². The van der Waals surface area contributed by atoms with Crippen molar-refractivity contribution in [2.75, 3.05) is 52.3 Å². The third-order valence-corrected chi connectivity index (χ3v) is 8.21. The summed E-state index contributed by atoms with van der Waals surface area (Å²) in [6.07, 6.45) is 0. The largest absolute Gasteiger partial charge is 0.497 e. The van der Waals surface area contributed by atoms with Gasteiger partial charge in [-0.3, -0.25) is 4.79 Å². The van der Waals surface area contributed by atoms with Crippen LogP contribution in [0.25, 0.3) is 10.2 Å². The van der Waals surface area contributed by atoms with E-state index in [2.05, 4.69) is 4.90 Å². The zero-order chi connectivity index (χ0) is 22.2. The van der Waals surface area contributed by atoms with Gasteiger partial charge in [-0.2, -0.15) is 0 Å². The Morgan fingerprint density at radius 3 is 2.35 bits per heavy atom. The fraction of sp³-hybridized carbons (Fsp3) is 0.333. The number of benzene rings is 2. The molecule has 4 rings (SSSR count). The first-order valence-corrected chi connectivity index (χ1v) is 12.1. The van der Waals surface area contributed by atoms with E-state index in [1.54, 1.807) is 35.5 Å². The first kappa shape index (κ1) is 21.5. The summed E-state index contributed by atoms with van der Waals surface area (Å²) in [6.45, 7) is 2.54. The molecule has 10 heteroatoms. The highest BCUT2D eigenvalue weighted by Crippen LogP contribution is 2.32. The molecule has 164 valence electrons. The molecule has 0 radical (unpaired) electrons. The van der Waals surface area contributed by atoms with Gasteiger partial charge in [-0.05, 0) is 42.5 Å². The Hall–Kier alpha value is -2.69. The molecule has 1 saturated heterocycles. The number of piperazine rings is 1. The number of aromatic nitrogens is 1. The van der Waals surface area contributed by atoms with Crippen molar-refractivity contribution in [3.05, 3.63) is 48.0 Å². The molecule has 0 saturated carbocycles. The van der Waals surface area contributed by atoms with Crippen molar-refractivity contribution in [1.82, 2.24) is 14.2 Å². The topological polar surface area (TPSA) is 83.0 Å². The lowest BCUT2D eigenvalue weighted by Gasteiger charge is -2.34. The molecule has 8 nitrogen and oxygen atoms in total. The number of carbonyl (C=O) groups excluding carboxylic acids is 1. The van der Waals surface area contributed by atoms with E-state index in [1.165, 1.54) is 26.2 Å². The van der Waals surface area contributed by atoms with E-state index in [-0.39, 0.29) is 10.8 Å². The molecule has 1 aliphatic heterocycles. The average Bonchev–Trinajstić information content (AvgIpc) is 3.22. The number of fused-ring (bicyclic) bond motifs is 1. The molecule has 0 N–H and O–H groups in total. The van der Waals surface area contributed by atoms with E-state index in [0.29, 0.717) is 31.7 Å². The third kappa shape index (κ3) is 4.23. The van der Waals surface area contributed by atoms with Gasteiger partial charge in [-0.1, -0.05) is 11.3 Å². The van der Waals surface area contributed by atoms with Crippen LogP contribution < -0.4 is 9.64 Å². The van der Waals surface area contributed by atoms with E-state index < -0.39 is 10.0 Å². The highest BCUT2D eigenvalue weighted by Gasteiger charge is 2.25. The maximum Gasteiger partial charge on any atom is 0.253 e. The maximum atomic E-state index is 12.9. The molecule has 1 aromatic heterocycles. The van der Waals surface area contributed by atoms with Crippen LogP contribution in [0.2, 0.25) is 0 Å². The summed E-state index contributed by atoms with van der Waals surface area (Å²) in [5.74, 6) is 0.713. The number of anilines is 1. The lowest BCUT2D eigenvalue weighted by molar-refractivity contribution is 0.0746. The van der Waals surface area contributed by atoms with Gasteiger partial charge >= 0.3 is 0 Å². The van der Waals surface area contributed by atoms with Gasteiger partial charge in [0.05, 0.1) is 22.2 Å². The summed E-state index contributed by atoms with van der Waals surface area (Å²) < 4.78 is 31.9. The second-order valence-electron chi connectivity index (χ2n) is 7.42. The Balaban J connectivity index is 1.42. The second kappa shape index (κ2) is 8.45. The minimum atomic E-state index is -3.51. The van der Waals surface area contributed by atoms with Gasteiger partial charge in [0.1, 0.15) is 5.75 Å². The Morgan fingerprint density at radius 1 is 1.06 bits per heavy atom. The third-order valence-electron chi connectivity index (χ3n) is 5.30. The van der Waals surface area contributed by atoms with Crippen molar-refractivity contribution in [2.45, 2.75) is 4.90 Å². The van der Waals surface area contributed by atoms with Crippen LogP contribution in [0.5, 0.6) is 5.75 Å². The summed E-state index contributed by atoms with van der Waals surface area (Å²) in [6, 6.07) is 11.9. The number of rotatable bonds is 5. The van der Waals surface area contributed by atoms with Crippen molar-refractivity contribution in [2.24, 2.45) is 0 Å². The van der Waals surface area contributed by atoms with Gasteiger partial charge in [0.2, 0.25) is 10.0 Å². The number of hydrogen-bond donors (Lipinski definition) is 0. The normalized spacial score (nSPS) is 15.0. The summed E-state index contributed by atoms with van der Waals surface area (Å²) in [7, 11) is 1.10. The molecule has 31 heavy (non-hydrogen) atoms. The molecule has 0 bridgehead atoms. The quantitative estimate of drug-likeness (QED) is 0.582. The summed E-state index contributed by atoms with van der Waals surface area (Å²) >= 11 is 1.62. The predicted molar refractivity (Wildman–Crippen MR) is 122 cm³/mol. The number of ether oxygens (including phenoxy) is 1. The minimum absolute atomic E-state index is 0.0949. The predicted octanol–water partition coefficient (Wildman–Crippen LogP) is 2.52. The molecule has 2 aromatic carbocycles. The van der Waals surface area contributed by atoms with E-state index in [0.717, 1.165) is 25.4 Å². The van der Waals surface area contributed by atoms with Crippen LogP contribution in [0.1, 0.15) is 10.4 Å². The number of carbonyl (C=O) groups is 1. The lowest BCUT2D eigenvalue weighted by Crippen LogP contribution is -2.48. The zero-order valence-electron chi connectivity index (χ0n) is 17.6. The smallest absolute Gasteiger partial charge is 0.253 e. The van der Waals surface area contributed by atoms with Crippen LogP contribution >= 0.6 is 11.3 Å². The number of thiazole rings is 1. The molecular weight excluding hydrogens is 436 g/mol. The van der Waals surface area contributed by atoms with Gasteiger partial charge < -0.3 is 14.5 Å². The molecular formula is C21H24N4O4S2. The first-order valence-electron chi connectivity index (χ1n) is 9.81. The SMILES string of the molecule is COc1ccc2nc(N3CCN(C(=O)c4ccc(S(=O)(=O)N(C)C)cc4)CC3)sc2c1. The lowest BCUT2D eigenvalue weighted by atomic mass is 10.2. The van der Waals surface area contributed by atoms with E-state index in [4.69, 9.17) is 9.72 Å². The van der Waals surface area contributed by atoms with E-state index in [1.807, 2.05) is 18.2 Å². The Kier molecular flexibility index (Phi) is 5.87. The molecule has 1 aliphatic rings. The average molecular weight is 461 g/mol. The maximum absolute atomic E-state index is 12.9. The molecule has 0 aliphatic carbocycles. The Morgan fingerprint density at radius 2 is 1.74 bits per heavy atom. The number of nitrogens with zero attached hydrogens (tertiary/aromatic N) is 4. The summed E-state index contributed by atoms with van der Waals surface area (Å²) in [5.41, 5.74) is 1.42. The number of sulfonamides is 1. The van der Waals surface area contributed by atoms with Gasteiger partial charge in [-0.25, -0.2) is 17.7 Å². The van der Waals surface area contributed by atoms with E-state index >= 15 is 0 Å². The van der Waals surface area contributed by atoms with Crippen molar-refractivity contribution in [3.63, 3.8) is 0 Å². The van der Waals surface area contributed by atoms with Crippen LogP contribution in [-0.2, 0) is 10.0 Å². The number of methoxy groups -OCH3 is 1. The van der Waals surface area contributed by atoms with Crippen LogP contribution in [0.15, 0.2) is 47.4 Å². The van der Waals surface area contributed by atoms with Crippen LogP contribution in [0, 0.1) is 0 Å². The van der Waals surface area contributed by atoms with Crippen LogP contribution in [-0.4, -0.2) is 75.9 Å². The van der Waals surface area contributed by atoms with Crippen molar-refractivity contribution < 1.29 is 17.9 Å². The fourth-order valence-corrected chi connectivity index (χ4v) is 5.37. The highest BCUT2D eigenvalue weighted by molar-refractivity contribution is 7.89. The molecule has 0 atom stereocenters. The summed E-state index contributed by atoms with van der Waals surface area (Å²) in [5, 5.41) is 0.939. The monoisotopic (exact) mass is 460 g/mol. The Bertz CT molecular complexity index is 1200. The van der Waals surface area contributed by atoms with Crippen LogP contribution in [0.4, 0.5) is 5.13 Å². The van der Waals surface area contributed by atoms with Crippen molar-refractivity contribution in [3.8, 4) is 5.75 Å². The van der Waals surface area contributed by atoms with Gasteiger partial charge in [0.15, 0.2) is 5.13 Å². The summed E-state index contributed by atoms with van der Waals surface area (Å²) in [4.78, 5) is 21.7. The molecule has 3 aromatic rings. The fourth-order valence-electron chi connectivity index (χ4n) is 3.42. The Labute approximate surface area is 185 Å². The molecule has 2 heterocycles. The zero-order valence-corrected chi connectivity index (χ0v) is 19.2. The van der Waals surface area contributed by atoms with Crippen LogP contribution in [0.3, 0.4) is 0 Å². The number of hydrogen-bond acceptors (Lipinski definition) is 7. The standard InChI is InChI=1S/C21H24N4O4S2/c1-23(2)31(27,28)17-7-4-15(5-8-17)20(26)24-10-12-25(13-11-24)21-22-18-9-6-16(29-3)14-19(18)30-21/h4-9,14H,10-13H2,1-3H3. The highest BCUT2D eigenvalue weighted by atomic mass is 32.2. The number of amides is 1. The van der Waals surface area contributed by atoms with Gasteiger partial charge in [0.25, 0.3) is 5.91 Å². The molecule has 1 fully saturated rings. The first-order chi connectivity index (χ1) is 14.8. The second-order valence-corrected chi connectivity index (χ2v) is 10.6. The van der Waals surface area contributed by atoms with E-state index in [9.17, 15) is 13.2 Å². The van der Waals surface area contributed by atoms with Gasteiger partial charge in [-0.15, -0.1) is 0 Å². The molecule has 0 unspecified atom stereocenters. The molecule has 0 spiro atoms. The molecule has 1 amide bonds.